The Bertz CT molecular complexity index is 243. The molecule has 3 nitrogen and oxygen atoms in total. The molecule has 0 aromatic carbocycles. The van der Waals surface area contributed by atoms with Crippen LogP contribution in [-0.2, 0) is 4.79 Å². The number of nitrogens with zero attached hydrogens (tertiary/aromatic N) is 1. The number of hydrogen-bond acceptors (Lipinski definition) is 2. The van der Waals surface area contributed by atoms with Crippen molar-refractivity contribution in [3.8, 4) is 0 Å². The summed E-state index contributed by atoms with van der Waals surface area (Å²) >= 11 is 0. The third kappa shape index (κ3) is 3.44. The zero-order chi connectivity index (χ0) is 12.1. The Morgan fingerprint density at radius 2 is 1.88 bits per heavy atom. The predicted molar refractivity (Wildman–Crippen MR) is 69.9 cm³/mol. The molecule has 1 saturated carbocycles. The van der Waals surface area contributed by atoms with Crippen molar-refractivity contribution in [2.75, 3.05) is 19.6 Å². The molecule has 0 bridgehead atoms. The lowest BCUT2D eigenvalue weighted by molar-refractivity contribution is -0.125. The summed E-state index contributed by atoms with van der Waals surface area (Å²) in [6.07, 6.45) is 8.48. The van der Waals surface area contributed by atoms with Crippen molar-refractivity contribution in [1.82, 2.24) is 10.2 Å². The van der Waals surface area contributed by atoms with Gasteiger partial charge in [0.15, 0.2) is 0 Å². The maximum atomic E-state index is 12.0. The summed E-state index contributed by atoms with van der Waals surface area (Å²) in [5, 5.41) is 3.17. The van der Waals surface area contributed by atoms with Gasteiger partial charge in [0.05, 0.1) is 0 Å². The predicted octanol–water partition coefficient (Wildman–Crippen LogP) is 2.17. The largest absolute Gasteiger partial charge is 0.354 e. The van der Waals surface area contributed by atoms with Gasteiger partial charge in [-0.05, 0) is 45.2 Å². The fourth-order valence-corrected chi connectivity index (χ4v) is 3.19. The van der Waals surface area contributed by atoms with Gasteiger partial charge in [-0.15, -0.1) is 0 Å². The number of nitrogens with one attached hydrogen (secondary N) is 1. The molecule has 1 aliphatic carbocycles. The molecule has 1 N–H and O–H groups in total. The highest BCUT2D eigenvalue weighted by Gasteiger charge is 2.25. The summed E-state index contributed by atoms with van der Waals surface area (Å²) in [4.78, 5) is 14.5. The number of carbonyl (C=O) groups is 1. The van der Waals surface area contributed by atoms with E-state index in [-0.39, 0.29) is 0 Å². The van der Waals surface area contributed by atoms with Crippen molar-refractivity contribution in [2.24, 2.45) is 5.92 Å². The van der Waals surface area contributed by atoms with Crippen LogP contribution in [-0.4, -0.2) is 36.5 Å². The van der Waals surface area contributed by atoms with Crippen LogP contribution in [0.1, 0.15) is 51.9 Å². The number of amides is 1. The van der Waals surface area contributed by atoms with Crippen LogP contribution in [0.4, 0.5) is 0 Å². The smallest absolute Gasteiger partial charge is 0.223 e. The molecule has 0 aromatic rings. The molecule has 0 unspecified atom stereocenters. The summed E-state index contributed by atoms with van der Waals surface area (Å²) in [6.45, 7) is 5.52. The van der Waals surface area contributed by atoms with Gasteiger partial charge in [0.1, 0.15) is 0 Å². The van der Waals surface area contributed by atoms with Crippen LogP contribution in [0.25, 0.3) is 0 Å². The lowest BCUT2D eigenvalue weighted by atomic mass is 10.1. The third-order valence-corrected chi connectivity index (χ3v) is 4.37. The molecule has 0 aromatic heterocycles. The van der Waals surface area contributed by atoms with E-state index in [4.69, 9.17) is 0 Å². The summed E-state index contributed by atoms with van der Waals surface area (Å²) < 4.78 is 0. The zero-order valence-electron chi connectivity index (χ0n) is 11.1. The second kappa shape index (κ2) is 6.39. The Hall–Kier alpha value is -0.570. The second-order valence-corrected chi connectivity index (χ2v) is 5.53. The Labute approximate surface area is 105 Å². The molecule has 17 heavy (non-hydrogen) atoms. The van der Waals surface area contributed by atoms with E-state index in [0.717, 1.165) is 25.8 Å². The first-order valence-corrected chi connectivity index (χ1v) is 7.33. The minimum Gasteiger partial charge on any atom is -0.354 e. The third-order valence-electron chi connectivity index (χ3n) is 4.37. The Morgan fingerprint density at radius 3 is 2.47 bits per heavy atom. The molecule has 1 atom stereocenters. The standard InChI is InChI=1S/C14H26N2O/c1-2-13(16-9-5-6-10-16)11-15-14(17)12-7-3-4-8-12/h12-13H,2-11H2,1H3,(H,15,17)/t13-/m0/s1. The van der Waals surface area contributed by atoms with Crippen LogP contribution in [0.3, 0.4) is 0 Å². The van der Waals surface area contributed by atoms with Gasteiger partial charge in [-0.25, -0.2) is 0 Å². The van der Waals surface area contributed by atoms with Crippen molar-refractivity contribution in [3.63, 3.8) is 0 Å². The van der Waals surface area contributed by atoms with Crippen LogP contribution in [0.2, 0.25) is 0 Å². The molecule has 0 spiro atoms. The van der Waals surface area contributed by atoms with Gasteiger partial charge in [0.25, 0.3) is 0 Å². The van der Waals surface area contributed by atoms with E-state index in [1.807, 2.05) is 0 Å². The first-order valence-electron chi connectivity index (χ1n) is 7.33. The summed E-state index contributed by atoms with van der Waals surface area (Å²) in [5.41, 5.74) is 0. The average molecular weight is 238 g/mol. The molecule has 1 heterocycles. The summed E-state index contributed by atoms with van der Waals surface area (Å²) in [7, 11) is 0. The van der Waals surface area contributed by atoms with E-state index in [9.17, 15) is 4.79 Å². The summed E-state index contributed by atoms with van der Waals surface area (Å²) in [6, 6.07) is 0.558. The van der Waals surface area contributed by atoms with Crippen LogP contribution in [0.15, 0.2) is 0 Å². The highest BCUT2D eigenvalue weighted by atomic mass is 16.1. The van der Waals surface area contributed by atoms with Crippen LogP contribution < -0.4 is 5.32 Å². The molecule has 98 valence electrons. The number of rotatable bonds is 5. The minimum absolute atomic E-state index is 0.306. The number of likely N-dealkylation sites (tertiary alicyclic amines) is 1. The Balaban J connectivity index is 1.72. The maximum Gasteiger partial charge on any atom is 0.223 e. The first-order chi connectivity index (χ1) is 8.31. The molecule has 2 aliphatic rings. The Kier molecular flexibility index (Phi) is 4.84. The van der Waals surface area contributed by atoms with Crippen LogP contribution in [0, 0.1) is 5.92 Å². The molecule has 3 heteroatoms. The highest BCUT2D eigenvalue weighted by Crippen LogP contribution is 2.24. The minimum atomic E-state index is 0.306. The molecule has 2 rings (SSSR count). The molecular weight excluding hydrogens is 212 g/mol. The quantitative estimate of drug-likeness (QED) is 0.796. The van der Waals surface area contributed by atoms with E-state index in [0.29, 0.717) is 17.9 Å². The maximum absolute atomic E-state index is 12.0. The lowest BCUT2D eigenvalue weighted by Gasteiger charge is -2.27. The van der Waals surface area contributed by atoms with Crippen molar-refractivity contribution in [2.45, 2.75) is 57.9 Å². The van der Waals surface area contributed by atoms with Gasteiger partial charge >= 0.3 is 0 Å². The number of carbonyl (C=O) groups excluding carboxylic acids is 1. The van der Waals surface area contributed by atoms with E-state index in [1.54, 1.807) is 0 Å². The first kappa shape index (κ1) is 12.9. The van der Waals surface area contributed by atoms with Gasteiger partial charge in [0.2, 0.25) is 5.91 Å². The zero-order valence-corrected chi connectivity index (χ0v) is 11.1. The molecule has 2 fully saturated rings. The van der Waals surface area contributed by atoms with E-state index < -0.39 is 0 Å². The molecule has 1 amide bonds. The van der Waals surface area contributed by atoms with Gasteiger partial charge in [0, 0.05) is 18.5 Å². The topological polar surface area (TPSA) is 32.3 Å². The van der Waals surface area contributed by atoms with Crippen molar-refractivity contribution in [3.05, 3.63) is 0 Å². The highest BCUT2D eigenvalue weighted by molar-refractivity contribution is 5.78. The molecule has 0 radical (unpaired) electrons. The van der Waals surface area contributed by atoms with Crippen molar-refractivity contribution in [1.29, 1.82) is 0 Å². The van der Waals surface area contributed by atoms with Gasteiger partial charge in [-0.1, -0.05) is 19.8 Å². The van der Waals surface area contributed by atoms with Gasteiger partial charge in [-0.2, -0.15) is 0 Å². The van der Waals surface area contributed by atoms with Crippen LogP contribution >= 0.6 is 0 Å². The van der Waals surface area contributed by atoms with E-state index in [2.05, 4.69) is 17.1 Å². The van der Waals surface area contributed by atoms with Crippen molar-refractivity contribution < 1.29 is 4.79 Å². The Morgan fingerprint density at radius 1 is 1.24 bits per heavy atom. The molecular formula is C14H26N2O. The normalized spacial score (nSPS) is 24.1. The van der Waals surface area contributed by atoms with E-state index in [1.165, 1.54) is 38.8 Å². The average Bonchev–Trinajstić information content (AvgIpc) is 3.02. The van der Waals surface area contributed by atoms with E-state index >= 15 is 0 Å². The SMILES string of the molecule is CC[C@@H](CNC(=O)C1CCCC1)N1CCCC1. The molecule has 1 saturated heterocycles. The van der Waals surface area contributed by atoms with Gasteiger partial charge < -0.3 is 5.32 Å². The van der Waals surface area contributed by atoms with Gasteiger partial charge in [-0.3, -0.25) is 9.69 Å². The van der Waals surface area contributed by atoms with Crippen LogP contribution in [0.5, 0.6) is 0 Å². The second-order valence-electron chi connectivity index (χ2n) is 5.53. The summed E-state index contributed by atoms with van der Waals surface area (Å²) in [5.74, 6) is 0.617. The molecule has 1 aliphatic heterocycles. The fraction of sp³-hybridized carbons (Fsp3) is 0.929. The monoisotopic (exact) mass is 238 g/mol. The fourth-order valence-electron chi connectivity index (χ4n) is 3.19. The van der Waals surface area contributed by atoms with Crippen molar-refractivity contribution >= 4 is 5.91 Å². The number of hydrogen-bond donors (Lipinski definition) is 1. The lowest BCUT2D eigenvalue weighted by Crippen LogP contribution is -2.43.